The van der Waals surface area contributed by atoms with E-state index in [0.717, 1.165) is 25.9 Å². The Kier molecular flexibility index (Phi) is 13.4. The van der Waals surface area contributed by atoms with Crippen LogP contribution in [0.3, 0.4) is 0 Å². The fraction of sp³-hybridized carbons (Fsp3) is 0.938. The van der Waals surface area contributed by atoms with Crippen molar-refractivity contribution in [3.8, 4) is 0 Å². The highest BCUT2D eigenvalue weighted by Gasteiger charge is 2.03. The highest BCUT2D eigenvalue weighted by atomic mass is 16.5. The Morgan fingerprint density at radius 3 is 2.42 bits per heavy atom. The Labute approximate surface area is 119 Å². The number of rotatable bonds is 13. The smallest absolute Gasteiger partial charge is 0.305 e. The Morgan fingerprint density at radius 1 is 1.00 bits per heavy atom. The van der Waals surface area contributed by atoms with Gasteiger partial charge in [0.1, 0.15) is 0 Å². The van der Waals surface area contributed by atoms with Crippen molar-refractivity contribution in [2.24, 2.45) is 0 Å². The van der Waals surface area contributed by atoms with Gasteiger partial charge in [0.15, 0.2) is 0 Å². The Morgan fingerprint density at radius 2 is 1.74 bits per heavy atom. The molecule has 114 valence electrons. The van der Waals surface area contributed by atoms with E-state index in [1.165, 1.54) is 32.1 Å². The second kappa shape index (κ2) is 13.9. The topological polar surface area (TPSA) is 35.5 Å². The van der Waals surface area contributed by atoms with Crippen LogP contribution in [-0.4, -0.2) is 25.3 Å². The number of esters is 1. The van der Waals surface area contributed by atoms with Crippen molar-refractivity contribution in [1.29, 1.82) is 0 Å². The molecule has 0 rings (SSSR count). The van der Waals surface area contributed by atoms with Crippen molar-refractivity contribution in [3.63, 3.8) is 0 Å². The monoisotopic (exact) mass is 272 g/mol. The second-order valence-corrected chi connectivity index (χ2v) is 5.15. The van der Waals surface area contributed by atoms with Crippen LogP contribution in [0.5, 0.6) is 0 Å². The van der Waals surface area contributed by atoms with Gasteiger partial charge < -0.3 is 9.47 Å². The van der Waals surface area contributed by atoms with E-state index in [9.17, 15) is 4.79 Å². The van der Waals surface area contributed by atoms with Gasteiger partial charge in [0, 0.05) is 13.0 Å². The van der Waals surface area contributed by atoms with Crippen LogP contribution in [0.4, 0.5) is 0 Å². The summed E-state index contributed by atoms with van der Waals surface area (Å²) in [5.41, 5.74) is 0. The summed E-state index contributed by atoms with van der Waals surface area (Å²) in [7, 11) is 0. The van der Waals surface area contributed by atoms with Gasteiger partial charge in [-0.1, -0.05) is 39.0 Å². The third-order valence-electron chi connectivity index (χ3n) is 3.20. The molecule has 0 aromatic rings. The average molecular weight is 272 g/mol. The van der Waals surface area contributed by atoms with Gasteiger partial charge in [0.25, 0.3) is 0 Å². The van der Waals surface area contributed by atoms with Crippen molar-refractivity contribution in [3.05, 3.63) is 0 Å². The van der Waals surface area contributed by atoms with Crippen LogP contribution in [0, 0.1) is 0 Å². The molecule has 0 spiro atoms. The number of carbonyl (C=O) groups excluding carboxylic acids is 1. The van der Waals surface area contributed by atoms with Crippen LogP contribution in [0.15, 0.2) is 0 Å². The lowest BCUT2D eigenvalue weighted by Crippen LogP contribution is -2.09. The molecule has 0 saturated carbocycles. The van der Waals surface area contributed by atoms with Crippen LogP contribution in [-0.2, 0) is 14.3 Å². The average Bonchev–Trinajstić information content (AvgIpc) is 2.39. The molecule has 0 fully saturated rings. The first-order valence-corrected chi connectivity index (χ1v) is 7.97. The zero-order valence-electron chi connectivity index (χ0n) is 13.1. The molecule has 0 amide bonds. The van der Waals surface area contributed by atoms with Gasteiger partial charge in [-0.2, -0.15) is 0 Å². The summed E-state index contributed by atoms with van der Waals surface area (Å²) in [6, 6.07) is 0. The van der Waals surface area contributed by atoms with Crippen LogP contribution in [0.1, 0.15) is 78.6 Å². The quantitative estimate of drug-likeness (QED) is 0.366. The van der Waals surface area contributed by atoms with Crippen LogP contribution in [0.25, 0.3) is 0 Å². The normalized spacial score (nSPS) is 12.4. The van der Waals surface area contributed by atoms with E-state index in [4.69, 9.17) is 9.47 Å². The predicted molar refractivity (Wildman–Crippen MR) is 79.3 cm³/mol. The summed E-state index contributed by atoms with van der Waals surface area (Å²) in [4.78, 5) is 11.1. The molecule has 0 aromatic carbocycles. The van der Waals surface area contributed by atoms with Crippen LogP contribution >= 0.6 is 0 Å². The molecule has 0 aromatic heterocycles. The maximum absolute atomic E-state index is 11.1. The molecule has 0 heterocycles. The van der Waals surface area contributed by atoms with E-state index in [1.54, 1.807) is 0 Å². The summed E-state index contributed by atoms with van der Waals surface area (Å²) >= 11 is 0. The van der Waals surface area contributed by atoms with Gasteiger partial charge in [0.05, 0.1) is 12.7 Å². The van der Waals surface area contributed by atoms with Crippen molar-refractivity contribution in [2.45, 2.75) is 84.7 Å². The fourth-order valence-corrected chi connectivity index (χ4v) is 2.01. The van der Waals surface area contributed by atoms with Gasteiger partial charge in [-0.25, -0.2) is 0 Å². The third kappa shape index (κ3) is 13.7. The molecule has 0 aliphatic heterocycles. The molecular formula is C16H32O3. The molecule has 1 atom stereocenters. The van der Waals surface area contributed by atoms with E-state index in [1.807, 2.05) is 6.92 Å². The van der Waals surface area contributed by atoms with E-state index >= 15 is 0 Å². The Hall–Kier alpha value is -0.570. The summed E-state index contributed by atoms with van der Waals surface area (Å²) in [5.74, 6) is -0.0762. The first-order valence-electron chi connectivity index (χ1n) is 7.97. The van der Waals surface area contributed by atoms with Crippen molar-refractivity contribution >= 4 is 5.97 Å². The molecule has 0 aliphatic rings. The Balaban J connectivity index is 3.22. The number of hydrogen-bond donors (Lipinski definition) is 0. The first kappa shape index (κ1) is 18.4. The van der Waals surface area contributed by atoms with Gasteiger partial charge in [0.2, 0.25) is 0 Å². The van der Waals surface area contributed by atoms with Crippen molar-refractivity contribution in [1.82, 2.24) is 0 Å². The molecule has 3 nitrogen and oxygen atoms in total. The van der Waals surface area contributed by atoms with Crippen molar-refractivity contribution < 1.29 is 14.3 Å². The molecule has 0 bridgehead atoms. The minimum Gasteiger partial charge on any atom is -0.466 e. The maximum Gasteiger partial charge on any atom is 0.305 e. The number of ether oxygens (including phenoxy) is 2. The molecule has 19 heavy (non-hydrogen) atoms. The zero-order chi connectivity index (χ0) is 14.3. The lowest BCUT2D eigenvalue weighted by molar-refractivity contribution is -0.143. The van der Waals surface area contributed by atoms with Gasteiger partial charge >= 0.3 is 5.97 Å². The largest absolute Gasteiger partial charge is 0.466 e. The van der Waals surface area contributed by atoms with E-state index in [-0.39, 0.29) is 5.97 Å². The van der Waals surface area contributed by atoms with Crippen LogP contribution < -0.4 is 0 Å². The Bertz CT molecular complexity index is 204. The molecule has 1 unspecified atom stereocenters. The minimum absolute atomic E-state index is 0.0762. The van der Waals surface area contributed by atoms with E-state index in [0.29, 0.717) is 19.1 Å². The van der Waals surface area contributed by atoms with Gasteiger partial charge in [-0.15, -0.1) is 0 Å². The minimum atomic E-state index is -0.0762. The predicted octanol–water partition coefficient (Wildman–Crippen LogP) is 4.49. The molecule has 0 aliphatic carbocycles. The summed E-state index contributed by atoms with van der Waals surface area (Å²) in [5, 5.41) is 0. The van der Waals surface area contributed by atoms with Gasteiger partial charge in [-0.05, 0) is 33.1 Å². The highest BCUT2D eigenvalue weighted by molar-refractivity contribution is 5.69. The number of hydrogen-bond acceptors (Lipinski definition) is 3. The highest BCUT2D eigenvalue weighted by Crippen LogP contribution is 2.09. The van der Waals surface area contributed by atoms with Crippen LogP contribution in [0.2, 0.25) is 0 Å². The summed E-state index contributed by atoms with van der Waals surface area (Å²) < 4.78 is 10.6. The lowest BCUT2D eigenvalue weighted by atomic mass is 10.1. The fourth-order valence-electron chi connectivity index (χ4n) is 2.01. The molecule has 0 radical (unpaired) electrons. The molecular weight excluding hydrogens is 240 g/mol. The van der Waals surface area contributed by atoms with E-state index in [2.05, 4.69) is 13.8 Å². The maximum atomic E-state index is 11.1. The second-order valence-electron chi connectivity index (χ2n) is 5.15. The van der Waals surface area contributed by atoms with E-state index < -0.39 is 0 Å². The SMILES string of the molecule is CCCCCCC(C)OCCCCCC(=O)OCC. The first-order chi connectivity index (χ1) is 9.20. The standard InChI is InChI=1S/C16H32O3/c1-4-6-7-9-12-15(3)19-14-11-8-10-13-16(17)18-5-2/h15H,4-14H2,1-3H3. The summed E-state index contributed by atoms with van der Waals surface area (Å²) in [6.45, 7) is 7.53. The molecule has 0 N–H and O–H groups in total. The van der Waals surface area contributed by atoms with Crippen molar-refractivity contribution in [2.75, 3.05) is 13.2 Å². The molecule has 0 saturated heterocycles. The third-order valence-corrected chi connectivity index (χ3v) is 3.20. The number of unbranched alkanes of at least 4 members (excludes halogenated alkanes) is 5. The van der Waals surface area contributed by atoms with Gasteiger partial charge in [-0.3, -0.25) is 4.79 Å². The molecule has 3 heteroatoms. The zero-order valence-corrected chi connectivity index (χ0v) is 13.1. The summed E-state index contributed by atoms with van der Waals surface area (Å²) in [6.07, 6.45) is 10.3. The number of carbonyl (C=O) groups is 1. The lowest BCUT2D eigenvalue weighted by Gasteiger charge is -2.12.